The Morgan fingerprint density at radius 2 is 2.25 bits per heavy atom. The van der Waals surface area contributed by atoms with E-state index in [0.29, 0.717) is 5.75 Å². The van der Waals surface area contributed by atoms with Crippen LogP contribution in [0, 0.1) is 0 Å². The number of amides is 1. The van der Waals surface area contributed by atoms with Crippen LogP contribution in [0.1, 0.15) is 6.92 Å². The van der Waals surface area contributed by atoms with Crippen LogP contribution in [-0.2, 0) is 4.79 Å². The molecule has 1 atom stereocenters. The number of hydrogen-bond acceptors (Lipinski definition) is 3. The summed E-state index contributed by atoms with van der Waals surface area (Å²) < 4.78 is 6.27. The van der Waals surface area contributed by atoms with E-state index in [1.54, 1.807) is 13.0 Å². The molecule has 1 rings (SSSR count). The molecule has 0 bridgehead atoms. The first kappa shape index (κ1) is 13.0. The number of para-hydroxylation sites is 1. The summed E-state index contributed by atoms with van der Waals surface area (Å²) in [5, 5.41) is 11.1. The minimum Gasteiger partial charge on any atom is -0.480 e. The van der Waals surface area contributed by atoms with Crippen LogP contribution >= 0.6 is 15.9 Å². The molecule has 0 spiro atoms. The summed E-state index contributed by atoms with van der Waals surface area (Å²) in [6, 6.07) is 7.32. The minimum absolute atomic E-state index is 0.0759. The van der Waals surface area contributed by atoms with E-state index in [9.17, 15) is 4.79 Å². The van der Waals surface area contributed by atoms with E-state index in [0.717, 1.165) is 4.47 Å². The second-order valence-corrected chi connectivity index (χ2v) is 4.06. The number of aliphatic hydroxyl groups is 1. The number of rotatable bonds is 5. The minimum atomic E-state index is -0.592. The van der Waals surface area contributed by atoms with Crippen molar-refractivity contribution in [3.05, 3.63) is 28.7 Å². The second kappa shape index (κ2) is 6.50. The van der Waals surface area contributed by atoms with E-state index in [2.05, 4.69) is 21.2 Å². The summed E-state index contributed by atoms with van der Waals surface area (Å²) in [6.07, 6.45) is -0.592. The maximum Gasteiger partial charge on any atom is 0.260 e. The van der Waals surface area contributed by atoms with Gasteiger partial charge in [-0.3, -0.25) is 4.79 Å². The van der Waals surface area contributed by atoms with Gasteiger partial charge in [0.2, 0.25) is 0 Å². The van der Waals surface area contributed by atoms with Crippen LogP contribution in [0.2, 0.25) is 0 Å². The van der Waals surface area contributed by atoms with Crippen LogP contribution in [-0.4, -0.2) is 30.3 Å². The molecule has 88 valence electrons. The number of nitrogens with one attached hydrogen (secondary N) is 1. The molecular formula is C11H14BrNO3. The van der Waals surface area contributed by atoms with Crippen molar-refractivity contribution in [1.29, 1.82) is 0 Å². The molecule has 0 aliphatic carbocycles. The standard InChI is InChI=1S/C11H14BrNO3/c1-8(11(15)13-6-7-14)16-10-5-3-2-4-9(10)12/h2-5,8,14H,6-7H2,1H3,(H,13,15). The van der Waals surface area contributed by atoms with Gasteiger partial charge in [0.15, 0.2) is 6.10 Å². The van der Waals surface area contributed by atoms with Gasteiger partial charge in [-0.15, -0.1) is 0 Å². The Balaban J connectivity index is 2.54. The smallest absolute Gasteiger partial charge is 0.260 e. The van der Waals surface area contributed by atoms with Gasteiger partial charge in [-0.05, 0) is 35.0 Å². The molecule has 16 heavy (non-hydrogen) atoms. The Morgan fingerprint density at radius 1 is 1.56 bits per heavy atom. The maximum atomic E-state index is 11.5. The number of aliphatic hydroxyl groups excluding tert-OH is 1. The SMILES string of the molecule is CC(Oc1ccccc1Br)C(=O)NCCO. The fraction of sp³-hybridized carbons (Fsp3) is 0.364. The molecular weight excluding hydrogens is 274 g/mol. The van der Waals surface area contributed by atoms with Crippen LogP contribution in [0.5, 0.6) is 5.75 Å². The van der Waals surface area contributed by atoms with Gasteiger partial charge in [0.1, 0.15) is 5.75 Å². The van der Waals surface area contributed by atoms with Crippen molar-refractivity contribution >= 4 is 21.8 Å². The monoisotopic (exact) mass is 287 g/mol. The summed E-state index contributed by atoms with van der Waals surface area (Å²) in [6.45, 7) is 1.82. The summed E-state index contributed by atoms with van der Waals surface area (Å²) in [7, 11) is 0. The van der Waals surface area contributed by atoms with Gasteiger partial charge >= 0.3 is 0 Å². The molecule has 0 fully saturated rings. The van der Waals surface area contributed by atoms with Crippen LogP contribution < -0.4 is 10.1 Å². The summed E-state index contributed by atoms with van der Waals surface area (Å²) in [4.78, 5) is 11.5. The lowest BCUT2D eigenvalue weighted by atomic mass is 10.3. The summed E-state index contributed by atoms with van der Waals surface area (Å²) in [5.41, 5.74) is 0. The molecule has 1 aromatic carbocycles. The van der Waals surface area contributed by atoms with Crippen LogP contribution in [0.25, 0.3) is 0 Å². The highest BCUT2D eigenvalue weighted by molar-refractivity contribution is 9.10. The van der Waals surface area contributed by atoms with E-state index < -0.39 is 6.10 Å². The van der Waals surface area contributed by atoms with Crippen molar-refractivity contribution in [3.63, 3.8) is 0 Å². The van der Waals surface area contributed by atoms with Gasteiger partial charge in [0.25, 0.3) is 5.91 Å². The molecule has 1 amide bonds. The molecule has 0 radical (unpaired) electrons. The third-order valence-electron chi connectivity index (χ3n) is 1.92. The largest absolute Gasteiger partial charge is 0.480 e. The molecule has 0 aromatic heterocycles. The first-order valence-corrected chi connectivity index (χ1v) is 5.74. The first-order valence-electron chi connectivity index (χ1n) is 4.95. The lowest BCUT2D eigenvalue weighted by Gasteiger charge is -2.15. The maximum absolute atomic E-state index is 11.5. The molecule has 2 N–H and O–H groups in total. The average Bonchev–Trinajstić information content (AvgIpc) is 2.28. The molecule has 0 saturated carbocycles. The molecule has 0 aliphatic heterocycles. The number of carbonyl (C=O) groups excluding carboxylic acids is 1. The Bertz CT molecular complexity index is 357. The first-order chi connectivity index (χ1) is 7.65. The van der Waals surface area contributed by atoms with Crippen molar-refractivity contribution < 1.29 is 14.6 Å². The normalized spacial score (nSPS) is 11.9. The Labute approximate surface area is 103 Å². The number of ether oxygens (including phenoxy) is 1. The second-order valence-electron chi connectivity index (χ2n) is 3.21. The number of benzene rings is 1. The highest BCUT2D eigenvalue weighted by Gasteiger charge is 2.14. The van der Waals surface area contributed by atoms with Gasteiger partial charge < -0.3 is 15.2 Å². The van der Waals surface area contributed by atoms with Gasteiger partial charge in [-0.1, -0.05) is 12.1 Å². The molecule has 0 saturated heterocycles. The van der Waals surface area contributed by atoms with Crippen molar-refractivity contribution in [2.45, 2.75) is 13.0 Å². The topological polar surface area (TPSA) is 58.6 Å². The molecule has 0 aliphatic rings. The van der Waals surface area contributed by atoms with E-state index >= 15 is 0 Å². The fourth-order valence-corrected chi connectivity index (χ4v) is 1.49. The molecule has 5 heteroatoms. The van der Waals surface area contributed by atoms with Crippen molar-refractivity contribution in [2.24, 2.45) is 0 Å². The van der Waals surface area contributed by atoms with Gasteiger partial charge in [0, 0.05) is 6.54 Å². The van der Waals surface area contributed by atoms with E-state index in [1.165, 1.54) is 0 Å². The zero-order valence-corrected chi connectivity index (χ0v) is 10.5. The van der Waals surface area contributed by atoms with Crippen LogP contribution in [0.4, 0.5) is 0 Å². The van der Waals surface area contributed by atoms with E-state index in [4.69, 9.17) is 9.84 Å². The number of halogens is 1. The van der Waals surface area contributed by atoms with Crippen molar-refractivity contribution in [2.75, 3.05) is 13.2 Å². The van der Waals surface area contributed by atoms with E-state index in [1.807, 2.05) is 18.2 Å². The molecule has 4 nitrogen and oxygen atoms in total. The highest BCUT2D eigenvalue weighted by Crippen LogP contribution is 2.24. The average molecular weight is 288 g/mol. The van der Waals surface area contributed by atoms with Gasteiger partial charge in [0.05, 0.1) is 11.1 Å². The van der Waals surface area contributed by atoms with E-state index in [-0.39, 0.29) is 19.1 Å². The zero-order valence-electron chi connectivity index (χ0n) is 8.94. The quantitative estimate of drug-likeness (QED) is 0.859. The molecule has 1 unspecified atom stereocenters. The summed E-state index contributed by atoms with van der Waals surface area (Å²) in [5.74, 6) is 0.374. The third kappa shape index (κ3) is 3.83. The highest BCUT2D eigenvalue weighted by atomic mass is 79.9. The van der Waals surface area contributed by atoms with Crippen LogP contribution in [0.3, 0.4) is 0 Å². The predicted octanol–water partition coefficient (Wildman–Crippen LogP) is 1.32. The molecule has 0 heterocycles. The molecule has 1 aromatic rings. The zero-order chi connectivity index (χ0) is 12.0. The Kier molecular flexibility index (Phi) is 5.28. The fourth-order valence-electron chi connectivity index (χ4n) is 1.11. The van der Waals surface area contributed by atoms with Crippen molar-refractivity contribution in [1.82, 2.24) is 5.32 Å². The predicted molar refractivity (Wildman–Crippen MR) is 64.3 cm³/mol. The van der Waals surface area contributed by atoms with Crippen molar-refractivity contribution in [3.8, 4) is 5.75 Å². The summed E-state index contributed by atoms with van der Waals surface area (Å²) >= 11 is 3.33. The lowest BCUT2D eigenvalue weighted by Crippen LogP contribution is -2.37. The Hall–Kier alpha value is -1.07. The van der Waals surface area contributed by atoms with Gasteiger partial charge in [-0.25, -0.2) is 0 Å². The number of hydrogen-bond donors (Lipinski definition) is 2. The lowest BCUT2D eigenvalue weighted by molar-refractivity contribution is -0.127. The van der Waals surface area contributed by atoms with Gasteiger partial charge in [-0.2, -0.15) is 0 Å². The third-order valence-corrected chi connectivity index (χ3v) is 2.58. The van der Waals surface area contributed by atoms with Crippen LogP contribution in [0.15, 0.2) is 28.7 Å². The Morgan fingerprint density at radius 3 is 2.88 bits per heavy atom. The number of carbonyl (C=O) groups is 1.